The van der Waals surface area contributed by atoms with Gasteiger partial charge in [0.1, 0.15) is 0 Å². The normalized spacial score (nSPS) is 23.7. The lowest BCUT2D eigenvalue weighted by Crippen LogP contribution is -2.28. The Morgan fingerprint density at radius 2 is 1.83 bits per heavy atom. The Labute approximate surface area is 140 Å². The van der Waals surface area contributed by atoms with Crippen molar-refractivity contribution >= 4 is 6.21 Å². The molecule has 3 heteroatoms. The maximum absolute atomic E-state index is 9.93. The van der Waals surface area contributed by atoms with Gasteiger partial charge in [-0.25, -0.2) is 0 Å². The van der Waals surface area contributed by atoms with Crippen molar-refractivity contribution in [1.82, 2.24) is 0 Å². The van der Waals surface area contributed by atoms with Crippen molar-refractivity contribution in [3.05, 3.63) is 58.7 Å². The number of nitrogens with zero attached hydrogens (tertiary/aromatic N) is 1. The largest absolute Gasteiger partial charge is 0.411 e. The Kier molecular flexibility index (Phi) is 7.24. The van der Waals surface area contributed by atoms with Crippen molar-refractivity contribution in [2.24, 2.45) is 10.6 Å². The fraction of sp³-hybridized carbons (Fsp3) is 0.450. The Morgan fingerprint density at radius 3 is 2.43 bits per heavy atom. The van der Waals surface area contributed by atoms with Crippen molar-refractivity contribution in [1.29, 1.82) is 0 Å². The van der Waals surface area contributed by atoms with Gasteiger partial charge in [0.05, 0.1) is 12.3 Å². The summed E-state index contributed by atoms with van der Waals surface area (Å²) < 4.78 is 0. The van der Waals surface area contributed by atoms with Crippen LogP contribution in [0.25, 0.3) is 0 Å². The van der Waals surface area contributed by atoms with E-state index in [1.54, 1.807) is 6.08 Å². The molecule has 0 saturated heterocycles. The number of aliphatic hydroxyl groups excluding tert-OH is 1. The first kappa shape index (κ1) is 19.2. The molecule has 0 aromatic rings. The number of aliphatic hydroxyl groups is 1. The first-order valence-electron chi connectivity index (χ1n) is 8.02. The third-order valence-corrected chi connectivity index (χ3v) is 4.11. The summed E-state index contributed by atoms with van der Waals surface area (Å²) in [5.74, 6) is 0. The van der Waals surface area contributed by atoms with Crippen LogP contribution in [0, 0.1) is 5.41 Å². The van der Waals surface area contributed by atoms with Crippen molar-refractivity contribution in [3.8, 4) is 0 Å². The first-order valence-corrected chi connectivity index (χ1v) is 8.02. The zero-order chi connectivity index (χ0) is 17.5. The highest BCUT2D eigenvalue weighted by atomic mass is 16.4. The molecule has 0 aliphatic heterocycles. The van der Waals surface area contributed by atoms with Crippen LogP contribution in [-0.4, -0.2) is 22.6 Å². The highest BCUT2D eigenvalue weighted by Crippen LogP contribution is 2.40. The zero-order valence-corrected chi connectivity index (χ0v) is 14.9. The molecule has 126 valence electrons. The van der Waals surface area contributed by atoms with Gasteiger partial charge >= 0.3 is 0 Å². The molecule has 1 rings (SSSR count). The lowest BCUT2D eigenvalue weighted by molar-refractivity contribution is 0.116. The Hall–Kier alpha value is -1.87. The quantitative estimate of drug-likeness (QED) is 0.326. The van der Waals surface area contributed by atoms with Crippen molar-refractivity contribution in [2.75, 3.05) is 0 Å². The van der Waals surface area contributed by atoms with Crippen LogP contribution in [0.4, 0.5) is 0 Å². The molecule has 0 bridgehead atoms. The van der Waals surface area contributed by atoms with Crippen LogP contribution in [0.2, 0.25) is 0 Å². The van der Waals surface area contributed by atoms with Gasteiger partial charge in [-0.3, -0.25) is 0 Å². The predicted octanol–water partition coefficient (Wildman–Crippen LogP) is 4.95. The number of allylic oxidation sites excluding steroid dienone is 9. The molecule has 0 radical (unpaired) electrons. The van der Waals surface area contributed by atoms with Crippen LogP contribution in [0.3, 0.4) is 0 Å². The Balaban J connectivity index is 2.82. The molecule has 0 saturated carbocycles. The topological polar surface area (TPSA) is 52.8 Å². The van der Waals surface area contributed by atoms with Crippen LogP contribution < -0.4 is 0 Å². The van der Waals surface area contributed by atoms with E-state index in [2.05, 4.69) is 45.0 Å². The van der Waals surface area contributed by atoms with Gasteiger partial charge in [0.15, 0.2) is 0 Å². The summed E-state index contributed by atoms with van der Waals surface area (Å²) in [6.45, 7) is 10.5. The number of oxime groups is 1. The van der Waals surface area contributed by atoms with Gasteiger partial charge in [-0.2, -0.15) is 0 Å². The van der Waals surface area contributed by atoms with Crippen LogP contribution in [-0.2, 0) is 0 Å². The number of hydrogen-bond acceptors (Lipinski definition) is 3. The van der Waals surface area contributed by atoms with E-state index < -0.39 is 0 Å². The Morgan fingerprint density at radius 1 is 1.17 bits per heavy atom. The molecule has 0 heterocycles. The minimum absolute atomic E-state index is 0.0112. The lowest BCUT2D eigenvalue weighted by atomic mass is 9.71. The van der Waals surface area contributed by atoms with Crippen LogP contribution >= 0.6 is 0 Å². The van der Waals surface area contributed by atoms with Crippen LogP contribution in [0.5, 0.6) is 0 Å². The highest BCUT2D eigenvalue weighted by Gasteiger charge is 2.31. The fourth-order valence-electron chi connectivity index (χ4n) is 3.01. The SMILES string of the molecule is CC1=C(\C=C/C(C)=C\C=C\C(C)=C/C=N/O)C(C)(C)CC(O)C1. The minimum atomic E-state index is -0.223. The maximum atomic E-state index is 9.93. The monoisotopic (exact) mass is 315 g/mol. The summed E-state index contributed by atoms with van der Waals surface area (Å²) >= 11 is 0. The molecule has 0 aromatic carbocycles. The van der Waals surface area contributed by atoms with E-state index in [0.717, 1.165) is 24.0 Å². The second-order valence-electron chi connectivity index (χ2n) is 6.92. The molecule has 0 spiro atoms. The van der Waals surface area contributed by atoms with Gasteiger partial charge in [-0.15, -0.1) is 0 Å². The van der Waals surface area contributed by atoms with E-state index in [1.807, 2.05) is 25.2 Å². The first-order chi connectivity index (χ1) is 10.8. The summed E-state index contributed by atoms with van der Waals surface area (Å²) in [7, 11) is 0. The number of hydrogen-bond donors (Lipinski definition) is 2. The van der Waals surface area contributed by atoms with E-state index in [4.69, 9.17) is 5.21 Å². The summed E-state index contributed by atoms with van der Waals surface area (Å²) in [5.41, 5.74) is 4.78. The fourth-order valence-corrected chi connectivity index (χ4v) is 3.01. The smallest absolute Gasteiger partial charge is 0.0664 e. The van der Waals surface area contributed by atoms with Crippen LogP contribution in [0.1, 0.15) is 47.5 Å². The maximum Gasteiger partial charge on any atom is 0.0664 e. The number of rotatable bonds is 5. The van der Waals surface area contributed by atoms with E-state index in [0.29, 0.717) is 0 Å². The van der Waals surface area contributed by atoms with E-state index in [-0.39, 0.29) is 11.5 Å². The minimum Gasteiger partial charge on any atom is -0.411 e. The van der Waals surface area contributed by atoms with Crippen LogP contribution in [0.15, 0.2) is 63.9 Å². The van der Waals surface area contributed by atoms with Gasteiger partial charge in [-0.1, -0.05) is 60.5 Å². The molecule has 2 N–H and O–H groups in total. The van der Waals surface area contributed by atoms with Gasteiger partial charge in [0.2, 0.25) is 0 Å². The molecular formula is C20H29NO2. The molecule has 3 nitrogen and oxygen atoms in total. The molecule has 1 aliphatic rings. The third kappa shape index (κ3) is 6.41. The average molecular weight is 315 g/mol. The summed E-state index contributed by atoms with van der Waals surface area (Å²) in [6, 6.07) is 0. The standard InChI is InChI=1S/C20H29NO2/c1-15(7-6-8-16(2)11-12-21-23)9-10-19-17(3)13-18(22)14-20(19,4)5/h6-12,18,22-23H,13-14H2,1-5H3/b8-6+,10-9-,15-7-,16-11-,21-12+. The van der Waals surface area contributed by atoms with Gasteiger partial charge in [0.25, 0.3) is 0 Å². The summed E-state index contributed by atoms with van der Waals surface area (Å²) in [6.07, 6.45) is 14.7. The Bertz CT molecular complexity index is 587. The molecule has 0 aromatic heterocycles. The molecule has 0 fully saturated rings. The molecule has 1 unspecified atom stereocenters. The molecule has 0 amide bonds. The van der Waals surface area contributed by atoms with E-state index in [1.165, 1.54) is 17.4 Å². The predicted molar refractivity (Wildman–Crippen MR) is 97.8 cm³/mol. The van der Waals surface area contributed by atoms with Gasteiger partial charge < -0.3 is 10.3 Å². The van der Waals surface area contributed by atoms with Gasteiger partial charge in [-0.05, 0) is 56.3 Å². The lowest BCUT2D eigenvalue weighted by Gasteiger charge is -2.35. The molecule has 23 heavy (non-hydrogen) atoms. The molecule has 1 aliphatic carbocycles. The van der Waals surface area contributed by atoms with Crippen molar-refractivity contribution < 1.29 is 10.3 Å². The molecular weight excluding hydrogens is 286 g/mol. The van der Waals surface area contributed by atoms with Gasteiger partial charge in [0, 0.05) is 0 Å². The summed E-state index contributed by atoms with van der Waals surface area (Å²) in [5, 5.41) is 21.2. The summed E-state index contributed by atoms with van der Waals surface area (Å²) in [4.78, 5) is 0. The second kappa shape index (κ2) is 8.68. The van der Waals surface area contributed by atoms with Crippen molar-refractivity contribution in [3.63, 3.8) is 0 Å². The average Bonchev–Trinajstić information content (AvgIpc) is 2.43. The third-order valence-electron chi connectivity index (χ3n) is 4.11. The van der Waals surface area contributed by atoms with E-state index >= 15 is 0 Å². The van der Waals surface area contributed by atoms with Crippen molar-refractivity contribution in [2.45, 2.75) is 53.6 Å². The molecule has 1 atom stereocenters. The zero-order valence-electron chi connectivity index (χ0n) is 14.9. The highest BCUT2D eigenvalue weighted by molar-refractivity contribution is 5.72. The second-order valence-corrected chi connectivity index (χ2v) is 6.92. The van der Waals surface area contributed by atoms with E-state index in [9.17, 15) is 5.11 Å².